The zero-order chi connectivity index (χ0) is 16.5. The Morgan fingerprint density at radius 3 is 2.83 bits per heavy atom. The number of aryl methyl sites for hydroxylation is 1. The topological polar surface area (TPSA) is 36.1 Å². The molecule has 0 radical (unpaired) electrons. The van der Waals surface area contributed by atoms with E-state index in [2.05, 4.69) is 17.1 Å². The van der Waals surface area contributed by atoms with Gasteiger partial charge in [-0.3, -0.25) is 4.79 Å². The molecule has 0 bridgehead atoms. The molecular weight excluding hydrogens is 320 g/mol. The minimum Gasteiger partial charge on any atom is -0.358 e. The number of nitrogens with one attached hydrogen (secondary N) is 1. The predicted molar refractivity (Wildman–Crippen MR) is 97.2 cm³/mol. The Kier molecular flexibility index (Phi) is 4.03. The molecule has 0 aliphatic carbocycles. The van der Waals surface area contributed by atoms with Crippen LogP contribution in [0.25, 0.3) is 10.9 Å². The number of fused-ring (bicyclic) bond motifs is 3. The standard InChI is InChI=1S/C20H19ClN2O/c21-15-7-8-18-16(12-15)17-13-23(11-10-19(17)22-18)20(24)9-6-14-4-2-1-3-5-14/h1-5,7-8,12,22H,6,9-11,13H2. The molecule has 4 heteroatoms. The van der Waals surface area contributed by atoms with Crippen LogP contribution in [0.4, 0.5) is 0 Å². The van der Waals surface area contributed by atoms with Gasteiger partial charge in [0.2, 0.25) is 5.91 Å². The molecule has 0 atom stereocenters. The van der Waals surface area contributed by atoms with Crippen molar-refractivity contribution < 1.29 is 4.79 Å². The van der Waals surface area contributed by atoms with Crippen LogP contribution in [0.5, 0.6) is 0 Å². The van der Waals surface area contributed by atoms with E-state index in [1.807, 2.05) is 41.3 Å². The highest BCUT2D eigenvalue weighted by atomic mass is 35.5. The quantitative estimate of drug-likeness (QED) is 0.757. The van der Waals surface area contributed by atoms with Gasteiger partial charge in [0.1, 0.15) is 0 Å². The van der Waals surface area contributed by atoms with E-state index in [0.717, 1.165) is 35.3 Å². The summed E-state index contributed by atoms with van der Waals surface area (Å²) in [4.78, 5) is 18.0. The summed E-state index contributed by atoms with van der Waals surface area (Å²) in [5.74, 6) is 0.223. The summed E-state index contributed by atoms with van der Waals surface area (Å²) in [5, 5.41) is 1.87. The molecule has 4 rings (SSSR count). The lowest BCUT2D eigenvalue weighted by molar-refractivity contribution is -0.132. The van der Waals surface area contributed by atoms with Crippen molar-refractivity contribution in [2.45, 2.75) is 25.8 Å². The number of benzene rings is 2. The number of carbonyl (C=O) groups is 1. The van der Waals surface area contributed by atoms with E-state index in [9.17, 15) is 4.79 Å². The molecule has 3 nitrogen and oxygen atoms in total. The van der Waals surface area contributed by atoms with E-state index in [1.54, 1.807) is 0 Å². The Labute approximate surface area is 146 Å². The average Bonchev–Trinajstić information content (AvgIpc) is 2.97. The summed E-state index contributed by atoms with van der Waals surface area (Å²) in [6.45, 7) is 1.45. The average molecular weight is 339 g/mol. The Morgan fingerprint density at radius 1 is 1.17 bits per heavy atom. The van der Waals surface area contributed by atoms with Crippen molar-refractivity contribution in [3.8, 4) is 0 Å². The van der Waals surface area contributed by atoms with Crippen LogP contribution in [0.3, 0.4) is 0 Å². The SMILES string of the molecule is O=C(CCc1ccccc1)N1CCc2[nH]c3ccc(Cl)cc3c2C1. The first kappa shape index (κ1) is 15.3. The van der Waals surface area contributed by atoms with Crippen LogP contribution in [0.2, 0.25) is 5.02 Å². The van der Waals surface area contributed by atoms with Gasteiger partial charge in [-0.05, 0) is 30.2 Å². The van der Waals surface area contributed by atoms with E-state index in [0.29, 0.717) is 13.0 Å². The summed E-state index contributed by atoms with van der Waals surface area (Å²) >= 11 is 6.14. The normalized spacial score (nSPS) is 14.0. The minimum atomic E-state index is 0.223. The second-order valence-corrected chi connectivity index (χ2v) is 6.76. The van der Waals surface area contributed by atoms with E-state index in [4.69, 9.17) is 11.6 Å². The third-order valence-electron chi connectivity index (χ3n) is 4.76. The molecule has 24 heavy (non-hydrogen) atoms. The maximum absolute atomic E-state index is 12.6. The van der Waals surface area contributed by atoms with Gasteiger partial charge in [-0.2, -0.15) is 0 Å². The van der Waals surface area contributed by atoms with Crippen molar-refractivity contribution in [3.63, 3.8) is 0 Å². The molecule has 1 N–H and O–H groups in total. The van der Waals surface area contributed by atoms with Crippen LogP contribution in [-0.2, 0) is 24.2 Å². The molecule has 0 fully saturated rings. The fourth-order valence-electron chi connectivity index (χ4n) is 3.45. The summed E-state index contributed by atoms with van der Waals surface area (Å²) in [6.07, 6.45) is 2.23. The number of nitrogens with zero attached hydrogens (tertiary/aromatic N) is 1. The van der Waals surface area contributed by atoms with E-state index in [-0.39, 0.29) is 5.91 Å². The van der Waals surface area contributed by atoms with Crippen LogP contribution in [0, 0.1) is 0 Å². The van der Waals surface area contributed by atoms with Crippen molar-refractivity contribution in [1.29, 1.82) is 0 Å². The van der Waals surface area contributed by atoms with E-state index in [1.165, 1.54) is 16.8 Å². The molecule has 0 saturated heterocycles. The fraction of sp³-hybridized carbons (Fsp3) is 0.250. The maximum Gasteiger partial charge on any atom is 0.223 e. The molecular formula is C20H19ClN2O. The lowest BCUT2D eigenvalue weighted by Gasteiger charge is -2.27. The zero-order valence-electron chi connectivity index (χ0n) is 13.4. The summed E-state index contributed by atoms with van der Waals surface area (Å²) < 4.78 is 0. The fourth-order valence-corrected chi connectivity index (χ4v) is 3.63. The monoisotopic (exact) mass is 338 g/mol. The predicted octanol–water partition coefficient (Wildman–Crippen LogP) is 4.34. The third-order valence-corrected chi connectivity index (χ3v) is 5.00. The Bertz CT molecular complexity index is 885. The van der Waals surface area contributed by atoms with Crippen LogP contribution >= 0.6 is 11.6 Å². The van der Waals surface area contributed by atoms with Gasteiger partial charge in [0.25, 0.3) is 0 Å². The second kappa shape index (κ2) is 6.33. The van der Waals surface area contributed by atoms with Gasteiger partial charge >= 0.3 is 0 Å². The first-order chi connectivity index (χ1) is 11.7. The number of aromatic amines is 1. The molecule has 0 saturated carbocycles. The molecule has 1 aliphatic rings. The number of rotatable bonds is 3. The molecule has 3 aromatic rings. The van der Waals surface area contributed by atoms with Gasteiger partial charge < -0.3 is 9.88 Å². The lowest BCUT2D eigenvalue weighted by Crippen LogP contribution is -2.35. The largest absolute Gasteiger partial charge is 0.358 e. The van der Waals surface area contributed by atoms with Crippen LogP contribution in [0.15, 0.2) is 48.5 Å². The van der Waals surface area contributed by atoms with Crippen molar-refractivity contribution in [3.05, 3.63) is 70.4 Å². The van der Waals surface area contributed by atoms with Crippen molar-refractivity contribution in [2.24, 2.45) is 0 Å². The highest BCUT2D eigenvalue weighted by Crippen LogP contribution is 2.30. The molecule has 1 aromatic heterocycles. The highest BCUT2D eigenvalue weighted by Gasteiger charge is 2.23. The second-order valence-electron chi connectivity index (χ2n) is 6.32. The highest BCUT2D eigenvalue weighted by molar-refractivity contribution is 6.31. The molecule has 1 aliphatic heterocycles. The molecule has 122 valence electrons. The van der Waals surface area contributed by atoms with Crippen molar-refractivity contribution in [2.75, 3.05) is 6.54 Å². The first-order valence-electron chi connectivity index (χ1n) is 8.31. The Hall–Kier alpha value is -2.26. The number of aromatic nitrogens is 1. The number of hydrogen-bond acceptors (Lipinski definition) is 1. The Balaban J connectivity index is 1.50. The number of amides is 1. The third kappa shape index (κ3) is 2.92. The van der Waals surface area contributed by atoms with Gasteiger partial charge in [-0.15, -0.1) is 0 Å². The zero-order valence-corrected chi connectivity index (χ0v) is 14.1. The van der Waals surface area contributed by atoms with Crippen LogP contribution < -0.4 is 0 Å². The van der Waals surface area contributed by atoms with Gasteiger partial charge in [-0.25, -0.2) is 0 Å². The molecule has 0 unspecified atom stereocenters. The van der Waals surface area contributed by atoms with Gasteiger partial charge in [0.15, 0.2) is 0 Å². The number of hydrogen-bond donors (Lipinski definition) is 1. The smallest absolute Gasteiger partial charge is 0.223 e. The first-order valence-corrected chi connectivity index (χ1v) is 8.69. The Morgan fingerprint density at radius 2 is 2.00 bits per heavy atom. The summed E-state index contributed by atoms with van der Waals surface area (Å²) in [7, 11) is 0. The van der Waals surface area contributed by atoms with E-state index < -0.39 is 0 Å². The molecule has 1 amide bonds. The van der Waals surface area contributed by atoms with E-state index >= 15 is 0 Å². The van der Waals surface area contributed by atoms with Gasteiger partial charge in [0, 0.05) is 53.1 Å². The summed E-state index contributed by atoms with van der Waals surface area (Å²) in [6, 6.07) is 16.1. The number of carbonyl (C=O) groups excluding carboxylic acids is 1. The molecule has 2 aromatic carbocycles. The summed E-state index contributed by atoms with van der Waals surface area (Å²) in [5.41, 5.74) is 4.76. The number of H-pyrrole nitrogens is 1. The minimum absolute atomic E-state index is 0.223. The van der Waals surface area contributed by atoms with Crippen molar-refractivity contribution in [1.82, 2.24) is 9.88 Å². The maximum atomic E-state index is 12.6. The van der Waals surface area contributed by atoms with Gasteiger partial charge in [-0.1, -0.05) is 41.9 Å². The van der Waals surface area contributed by atoms with Gasteiger partial charge in [0.05, 0.1) is 0 Å². The lowest BCUT2D eigenvalue weighted by atomic mass is 10.0. The molecule has 2 heterocycles. The number of halogens is 1. The van der Waals surface area contributed by atoms with Crippen molar-refractivity contribution >= 4 is 28.4 Å². The van der Waals surface area contributed by atoms with Crippen LogP contribution in [0.1, 0.15) is 23.2 Å². The molecule has 0 spiro atoms. The van der Waals surface area contributed by atoms with Crippen LogP contribution in [-0.4, -0.2) is 22.3 Å².